The molecule has 1 aromatic rings. The summed E-state index contributed by atoms with van der Waals surface area (Å²) in [7, 11) is 0. The van der Waals surface area contributed by atoms with Crippen LogP contribution in [0.2, 0.25) is 0 Å². The van der Waals surface area contributed by atoms with Crippen molar-refractivity contribution in [2.75, 3.05) is 13.1 Å². The Morgan fingerprint density at radius 1 is 1.19 bits per heavy atom. The van der Waals surface area contributed by atoms with Crippen LogP contribution in [0, 0.1) is 5.92 Å². The summed E-state index contributed by atoms with van der Waals surface area (Å²) in [4.78, 5) is 2.65. The average Bonchev–Trinajstić information content (AvgIpc) is 2.27. The van der Waals surface area contributed by atoms with Crippen LogP contribution in [-0.2, 0) is 13.0 Å². The Hall–Kier alpha value is -0.860. The van der Waals surface area contributed by atoms with E-state index in [0.717, 1.165) is 25.0 Å². The molecule has 3 rings (SSSR count). The monoisotopic (exact) mass is 216 g/mol. The topological polar surface area (TPSA) is 29.3 Å². The van der Waals surface area contributed by atoms with Crippen molar-refractivity contribution in [3.8, 4) is 0 Å². The Morgan fingerprint density at radius 3 is 2.69 bits per heavy atom. The summed E-state index contributed by atoms with van der Waals surface area (Å²) < 4.78 is 0. The Labute approximate surface area is 97.4 Å². The predicted octanol–water partition coefficient (Wildman–Crippen LogP) is 1.78. The molecule has 0 spiro atoms. The highest BCUT2D eigenvalue weighted by molar-refractivity contribution is 5.29. The summed E-state index contributed by atoms with van der Waals surface area (Å²) in [5, 5.41) is 0. The lowest BCUT2D eigenvalue weighted by molar-refractivity contribution is 0.0706. The maximum Gasteiger partial charge on any atom is 0.0239 e. The number of nitrogens with two attached hydrogens (primary N) is 1. The molecule has 86 valence electrons. The summed E-state index contributed by atoms with van der Waals surface area (Å²) in [6, 6.07) is 9.67. The normalized spacial score (nSPS) is 29.6. The minimum absolute atomic E-state index is 0.794. The van der Waals surface area contributed by atoms with Crippen LogP contribution >= 0.6 is 0 Å². The summed E-state index contributed by atoms with van der Waals surface area (Å²) in [5.74, 6) is 0.794. The molecule has 1 aliphatic carbocycles. The van der Waals surface area contributed by atoms with Gasteiger partial charge in [-0.25, -0.2) is 0 Å². The third-order valence-corrected chi connectivity index (χ3v) is 4.22. The van der Waals surface area contributed by atoms with Gasteiger partial charge in [0, 0.05) is 19.1 Å². The van der Waals surface area contributed by atoms with Gasteiger partial charge in [-0.15, -0.1) is 0 Å². The third kappa shape index (κ3) is 1.76. The Morgan fingerprint density at radius 2 is 1.94 bits per heavy atom. The molecular formula is C14H20N2. The van der Waals surface area contributed by atoms with Crippen molar-refractivity contribution < 1.29 is 0 Å². The number of fused-ring (bicyclic) bond motifs is 1. The SMILES string of the molecule is NCC1CC(N2CCc3ccccc3C2)C1. The first-order chi connectivity index (χ1) is 7.86. The molecule has 1 aromatic carbocycles. The minimum atomic E-state index is 0.794. The summed E-state index contributed by atoms with van der Waals surface area (Å²) in [5.41, 5.74) is 8.77. The van der Waals surface area contributed by atoms with Crippen LogP contribution in [0.15, 0.2) is 24.3 Å². The van der Waals surface area contributed by atoms with Crippen molar-refractivity contribution in [2.24, 2.45) is 11.7 Å². The van der Waals surface area contributed by atoms with Gasteiger partial charge in [-0.1, -0.05) is 24.3 Å². The molecule has 2 heteroatoms. The number of rotatable bonds is 2. The van der Waals surface area contributed by atoms with Gasteiger partial charge in [-0.2, -0.15) is 0 Å². The van der Waals surface area contributed by atoms with E-state index in [-0.39, 0.29) is 0 Å². The highest BCUT2D eigenvalue weighted by atomic mass is 15.2. The van der Waals surface area contributed by atoms with Gasteiger partial charge < -0.3 is 5.73 Å². The van der Waals surface area contributed by atoms with E-state index in [2.05, 4.69) is 29.2 Å². The van der Waals surface area contributed by atoms with Crippen LogP contribution in [-0.4, -0.2) is 24.0 Å². The minimum Gasteiger partial charge on any atom is -0.330 e. The van der Waals surface area contributed by atoms with Gasteiger partial charge in [-0.05, 0) is 42.9 Å². The lowest BCUT2D eigenvalue weighted by Gasteiger charge is -2.44. The highest BCUT2D eigenvalue weighted by Gasteiger charge is 2.33. The molecule has 1 heterocycles. The first kappa shape index (κ1) is 10.3. The van der Waals surface area contributed by atoms with Gasteiger partial charge in [0.15, 0.2) is 0 Å². The fraction of sp³-hybridized carbons (Fsp3) is 0.571. The molecular weight excluding hydrogens is 196 g/mol. The van der Waals surface area contributed by atoms with Crippen molar-refractivity contribution >= 4 is 0 Å². The first-order valence-electron chi connectivity index (χ1n) is 6.37. The number of hydrogen-bond donors (Lipinski definition) is 1. The van der Waals surface area contributed by atoms with Gasteiger partial charge in [0.05, 0.1) is 0 Å². The molecule has 0 unspecified atom stereocenters. The van der Waals surface area contributed by atoms with E-state index in [0.29, 0.717) is 0 Å². The fourth-order valence-corrected chi connectivity index (χ4v) is 3.02. The zero-order valence-electron chi connectivity index (χ0n) is 9.73. The summed E-state index contributed by atoms with van der Waals surface area (Å²) >= 11 is 0. The van der Waals surface area contributed by atoms with Crippen LogP contribution in [0.1, 0.15) is 24.0 Å². The number of benzene rings is 1. The van der Waals surface area contributed by atoms with Gasteiger partial charge in [0.1, 0.15) is 0 Å². The van der Waals surface area contributed by atoms with Crippen LogP contribution in [0.5, 0.6) is 0 Å². The molecule has 0 saturated heterocycles. The van der Waals surface area contributed by atoms with E-state index in [9.17, 15) is 0 Å². The second-order valence-corrected chi connectivity index (χ2v) is 5.22. The van der Waals surface area contributed by atoms with Crippen molar-refractivity contribution in [3.05, 3.63) is 35.4 Å². The standard InChI is InChI=1S/C14H20N2/c15-9-11-7-14(8-11)16-6-5-12-3-1-2-4-13(12)10-16/h1-4,11,14H,5-10,15H2. The third-order valence-electron chi connectivity index (χ3n) is 4.22. The van der Waals surface area contributed by atoms with E-state index in [4.69, 9.17) is 5.73 Å². The van der Waals surface area contributed by atoms with Crippen molar-refractivity contribution in [1.82, 2.24) is 4.90 Å². The van der Waals surface area contributed by atoms with E-state index in [1.807, 2.05) is 0 Å². The largest absolute Gasteiger partial charge is 0.330 e. The second kappa shape index (κ2) is 4.19. The molecule has 0 bridgehead atoms. The van der Waals surface area contributed by atoms with Crippen molar-refractivity contribution in [3.63, 3.8) is 0 Å². The quantitative estimate of drug-likeness (QED) is 0.816. The van der Waals surface area contributed by atoms with E-state index >= 15 is 0 Å². The molecule has 0 atom stereocenters. The maximum atomic E-state index is 5.68. The van der Waals surface area contributed by atoms with Crippen LogP contribution in [0.3, 0.4) is 0 Å². The molecule has 0 amide bonds. The Bertz CT molecular complexity index is 369. The lowest BCUT2D eigenvalue weighted by atomic mass is 9.78. The second-order valence-electron chi connectivity index (χ2n) is 5.22. The van der Waals surface area contributed by atoms with Gasteiger partial charge in [-0.3, -0.25) is 4.90 Å². The smallest absolute Gasteiger partial charge is 0.0239 e. The molecule has 2 aliphatic rings. The Balaban J connectivity index is 1.65. The Kier molecular flexibility index (Phi) is 2.70. The maximum absolute atomic E-state index is 5.68. The molecule has 1 aliphatic heterocycles. The van der Waals surface area contributed by atoms with E-state index in [1.165, 1.54) is 31.4 Å². The molecule has 2 nitrogen and oxygen atoms in total. The van der Waals surface area contributed by atoms with Crippen molar-refractivity contribution in [1.29, 1.82) is 0 Å². The molecule has 1 saturated carbocycles. The predicted molar refractivity (Wildman–Crippen MR) is 66.1 cm³/mol. The summed E-state index contributed by atoms with van der Waals surface area (Å²) in [6.07, 6.45) is 3.86. The zero-order valence-corrected chi connectivity index (χ0v) is 9.73. The lowest BCUT2D eigenvalue weighted by Crippen LogP contribution is -2.48. The van der Waals surface area contributed by atoms with Gasteiger partial charge in [0.2, 0.25) is 0 Å². The molecule has 16 heavy (non-hydrogen) atoms. The number of nitrogens with zero attached hydrogens (tertiary/aromatic N) is 1. The fourth-order valence-electron chi connectivity index (χ4n) is 3.02. The first-order valence-corrected chi connectivity index (χ1v) is 6.37. The molecule has 0 aromatic heterocycles. The van der Waals surface area contributed by atoms with Crippen molar-refractivity contribution in [2.45, 2.75) is 31.8 Å². The average molecular weight is 216 g/mol. The molecule has 1 fully saturated rings. The number of hydrogen-bond acceptors (Lipinski definition) is 2. The highest BCUT2D eigenvalue weighted by Crippen LogP contribution is 2.33. The van der Waals surface area contributed by atoms with Crippen LogP contribution in [0.25, 0.3) is 0 Å². The van der Waals surface area contributed by atoms with E-state index in [1.54, 1.807) is 5.56 Å². The molecule has 2 N–H and O–H groups in total. The van der Waals surface area contributed by atoms with Gasteiger partial charge >= 0.3 is 0 Å². The van der Waals surface area contributed by atoms with Gasteiger partial charge in [0.25, 0.3) is 0 Å². The summed E-state index contributed by atoms with van der Waals surface area (Å²) in [6.45, 7) is 3.26. The zero-order chi connectivity index (χ0) is 11.0. The van der Waals surface area contributed by atoms with Crippen LogP contribution < -0.4 is 5.73 Å². The molecule has 0 radical (unpaired) electrons. The van der Waals surface area contributed by atoms with E-state index < -0.39 is 0 Å². The van der Waals surface area contributed by atoms with Crippen LogP contribution in [0.4, 0.5) is 0 Å².